The van der Waals surface area contributed by atoms with Crippen LogP contribution < -0.4 is 5.32 Å². The minimum absolute atomic E-state index is 0.717. The van der Waals surface area contributed by atoms with E-state index < -0.39 is 0 Å². The van der Waals surface area contributed by atoms with Gasteiger partial charge in [-0.25, -0.2) is 0 Å². The van der Waals surface area contributed by atoms with Gasteiger partial charge in [0.1, 0.15) is 0 Å². The predicted octanol–water partition coefficient (Wildman–Crippen LogP) is 2.64. The van der Waals surface area contributed by atoms with Crippen LogP contribution in [-0.4, -0.2) is 37.1 Å². The van der Waals surface area contributed by atoms with Gasteiger partial charge in [0.25, 0.3) is 0 Å². The Morgan fingerprint density at radius 1 is 1.00 bits per heavy atom. The fourth-order valence-electron chi connectivity index (χ4n) is 3.16. The average molecular weight is 224 g/mol. The third-order valence-electron chi connectivity index (χ3n) is 4.26. The van der Waals surface area contributed by atoms with Crippen molar-refractivity contribution in [2.45, 2.75) is 57.9 Å². The topological polar surface area (TPSA) is 15.3 Å². The van der Waals surface area contributed by atoms with Gasteiger partial charge in [-0.15, -0.1) is 0 Å². The summed E-state index contributed by atoms with van der Waals surface area (Å²) in [5.74, 6) is 1.01. The predicted molar refractivity (Wildman–Crippen MR) is 69.7 cm³/mol. The normalized spacial score (nSPS) is 30.9. The summed E-state index contributed by atoms with van der Waals surface area (Å²) in [7, 11) is 0. The molecule has 0 aromatic rings. The fourth-order valence-corrected chi connectivity index (χ4v) is 3.16. The van der Waals surface area contributed by atoms with Crippen LogP contribution in [0, 0.1) is 5.92 Å². The number of nitrogens with zero attached hydrogens (tertiary/aromatic N) is 1. The lowest BCUT2D eigenvalue weighted by Crippen LogP contribution is -2.40. The van der Waals surface area contributed by atoms with Gasteiger partial charge in [0, 0.05) is 12.6 Å². The fraction of sp³-hybridized carbons (Fsp3) is 1.00. The molecule has 0 amide bonds. The second kappa shape index (κ2) is 6.61. The largest absolute Gasteiger partial charge is 0.314 e. The number of nitrogens with one attached hydrogen (secondary N) is 1. The van der Waals surface area contributed by atoms with Gasteiger partial charge in [-0.3, -0.25) is 0 Å². The van der Waals surface area contributed by atoms with Gasteiger partial charge in [-0.1, -0.05) is 19.3 Å². The van der Waals surface area contributed by atoms with Crippen molar-refractivity contribution in [1.82, 2.24) is 10.2 Å². The first-order chi connectivity index (χ1) is 7.84. The molecule has 0 aromatic carbocycles. The summed E-state index contributed by atoms with van der Waals surface area (Å²) in [5, 5.41) is 3.58. The van der Waals surface area contributed by atoms with Crippen molar-refractivity contribution in [2.24, 2.45) is 5.92 Å². The molecule has 1 unspecified atom stereocenters. The Hall–Kier alpha value is -0.0800. The third-order valence-corrected chi connectivity index (χ3v) is 4.26. The molecule has 1 heterocycles. The van der Waals surface area contributed by atoms with Crippen LogP contribution in [0.1, 0.15) is 51.9 Å². The Balaban J connectivity index is 1.73. The second-order valence-electron chi connectivity index (χ2n) is 5.80. The molecule has 0 spiro atoms. The van der Waals surface area contributed by atoms with E-state index >= 15 is 0 Å². The van der Waals surface area contributed by atoms with E-state index in [-0.39, 0.29) is 0 Å². The molecule has 1 saturated carbocycles. The highest BCUT2D eigenvalue weighted by atomic mass is 15.1. The molecule has 0 radical (unpaired) electrons. The Morgan fingerprint density at radius 2 is 1.81 bits per heavy atom. The molecule has 2 nitrogen and oxygen atoms in total. The monoisotopic (exact) mass is 224 g/mol. The molecular weight excluding hydrogens is 196 g/mol. The Morgan fingerprint density at radius 3 is 2.62 bits per heavy atom. The quantitative estimate of drug-likeness (QED) is 0.776. The lowest BCUT2D eigenvalue weighted by molar-refractivity contribution is 0.182. The Bertz CT molecular complexity index is 187. The van der Waals surface area contributed by atoms with Crippen LogP contribution in [0.25, 0.3) is 0 Å². The zero-order valence-electron chi connectivity index (χ0n) is 10.9. The minimum atomic E-state index is 0.717. The van der Waals surface area contributed by atoms with E-state index in [0.717, 1.165) is 5.92 Å². The number of hydrogen-bond acceptors (Lipinski definition) is 2. The molecule has 2 aliphatic rings. The molecule has 2 fully saturated rings. The molecular formula is C14H28N2. The van der Waals surface area contributed by atoms with Gasteiger partial charge in [-0.05, 0) is 58.2 Å². The van der Waals surface area contributed by atoms with Gasteiger partial charge >= 0.3 is 0 Å². The summed E-state index contributed by atoms with van der Waals surface area (Å²) in [6.45, 7) is 7.54. The molecule has 94 valence electrons. The van der Waals surface area contributed by atoms with Crippen LogP contribution in [0.15, 0.2) is 0 Å². The number of hydrogen-bond donors (Lipinski definition) is 1. The summed E-state index contributed by atoms with van der Waals surface area (Å²) in [4.78, 5) is 2.73. The van der Waals surface area contributed by atoms with Crippen molar-refractivity contribution in [3.05, 3.63) is 0 Å². The maximum Gasteiger partial charge on any atom is 0.00509 e. The first-order valence-corrected chi connectivity index (χ1v) is 7.30. The maximum atomic E-state index is 3.58. The zero-order valence-corrected chi connectivity index (χ0v) is 10.9. The summed E-state index contributed by atoms with van der Waals surface area (Å²) < 4.78 is 0. The minimum Gasteiger partial charge on any atom is -0.314 e. The van der Waals surface area contributed by atoms with Gasteiger partial charge < -0.3 is 10.2 Å². The van der Waals surface area contributed by atoms with E-state index in [1.807, 2.05) is 0 Å². The highest BCUT2D eigenvalue weighted by molar-refractivity contribution is 4.74. The van der Waals surface area contributed by atoms with E-state index in [9.17, 15) is 0 Å². The van der Waals surface area contributed by atoms with Gasteiger partial charge in [-0.2, -0.15) is 0 Å². The van der Waals surface area contributed by atoms with E-state index in [4.69, 9.17) is 0 Å². The van der Waals surface area contributed by atoms with Crippen LogP contribution in [0.2, 0.25) is 0 Å². The maximum absolute atomic E-state index is 3.58. The van der Waals surface area contributed by atoms with Crippen molar-refractivity contribution in [2.75, 3.05) is 26.2 Å². The molecule has 1 aliphatic carbocycles. The van der Waals surface area contributed by atoms with Crippen LogP contribution in [0.5, 0.6) is 0 Å². The summed E-state index contributed by atoms with van der Waals surface area (Å²) in [6, 6.07) is 0.717. The summed E-state index contributed by atoms with van der Waals surface area (Å²) >= 11 is 0. The molecule has 2 heteroatoms. The zero-order chi connectivity index (χ0) is 11.2. The van der Waals surface area contributed by atoms with Crippen LogP contribution >= 0.6 is 0 Å². The van der Waals surface area contributed by atoms with Crippen molar-refractivity contribution in [3.63, 3.8) is 0 Å². The van der Waals surface area contributed by atoms with Crippen LogP contribution in [0.3, 0.4) is 0 Å². The Kier molecular flexibility index (Phi) is 5.11. The van der Waals surface area contributed by atoms with Crippen molar-refractivity contribution in [1.29, 1.82) is 0 Å². The van der Waals surface area contributed by atoms with Crippen LogP contribution in [0.4, 0.5) is 0 Å². The SMILES string of the molecule is CC1CCN(CC2CCCCC2)CCCN1. The van der Waals surface area contributed by atoms with E-state index in [1.165, 1.54) is 71.1 Å². The molecule has 1 N–H and O–H groups in total. The molecule has 1 atom stereocenters. The second-order valence-corrected chi connectivity index (χ2v) is 5.80. The highest BCUT2D eigenvalue weighted by Crippen LogP contribution is 2.24. The average Bonchev–Trinajstić information content (AvgIpc) is 2.30. The summed E-state index contributed by atoms with van der Waals surface area (Å²) in [5.41, 5.74) is 0. The van der Waals surface area contributed by atoms with Crippen molar-refractivity contribution in [3.8, 4) is 0 Å². The van der Waals surface area contributed by atoms with Crippen molar-refractivity contribution >= 4 is 0 Å². The summed E-state index contributed by atoms with van der Waals surface area (Å²) in [6.07, 6.45) is 10.1. The lowest BCUT2D eigenvalue weighted by Gasteiger charge is -2.32. The van der Waals surface area contributed by atoms with E-state index in [1.54, 1.807) is 0 Å². The Labute approximate surface area is 101 Å². The highest BCUT2D eigenvalue weighted by Gasteiger charge is 2.18. The van der Waals surface area contributed by atoms with Crippen LogP contribution in [-0.2, 0) is 0 Å². The van der Waals surface area contributed by atoms with Crippen molar-refractivity contribution < 1.29 is 0 Å². The smallest absolute Gasteiger partial charge is 0.00509 e. The number of rotatable bonds is 2. The molecule has 0 bridgehead atoms. The lowest BCUT2D eigenvalue weighted by atomic mass is 9.89. The first-order valence-electron chi connectivity index (χ1n) is 7.30. The first kappa shape index (κ1) is 12.4. The standard InChI is InChI=1S/C14H28N2/c1-13-8-11-16(10-5-9-15-13)12-14-6-3-2-4-7-14/h13-15H,2-12H2,1H3. The molecule has 2 rings (SSSR count). The van der Waals surface area contributed by atoms with E-state index in [0.29, 0.717) is 6.04 Å². The van der Waals surface area contributed by atoms with E-state index in [2.05, 4.69) is 17.1 Å². The van der Waals surface area contributed by atoms with Gasteiger partial charge in [0.15, 0.2) is 0 Å². The molecule has 1 saturated heterocycles. The third kappa shape index (κ3) is 4.06. The molecule has 1 aliphatic heterocycles. The van der Waals surface area contributed by atoms with Gasteiger partial charge in [0.05, 0.1) is 0 Å². The molecule has 0 aromatic heterocycles. The van der Waals surface area contributed by atoms with Gasteiger partial charge in [0.2, 0.25) is 0 Å². The molecule has 16 heavy (non-hydrogen) atoms.